The fourth-order valence-electron chi connectivity index (χ4n) is 2.62. The van der Waals surface area contributed by atoms with Crippen LogP contribution in [-0.2, 0) is 0 Å². The Morgan fingerprint density at radius 2 is 2.08 bits per heavy atom. The number of nitrogens with zero attached hydrogens (tertiary/aromatic N) is 1. The number of nitrogens with one attached hydrogen (secondary N) is 1. The molecule has 1 N–H and O–H groups in total. The van der Waals surface area contributed by atoms with Gasteiger partial charge in [-0.3, -0.25) is 10.1 Å². The van der Waals surface area contributed by atoms with E-state index in [1.165, 1.54) is 11.3 Å². The average Bonchev–Trinajstić information content (AvgIpc) is 3.31. The molecular formula is C19H16N2O3S2. The van der Waals surface area contributed by atoms with Crippen molar-refractivity contribution in [3.05, 3.63) is 53.4 Å². The van der Waals surface area contributed by atoms with E-state index in [1.54, 1.807) is 11.8 Å². The molecule has 1 aliphatic rings. The van der Waals surface area contributed by atoms with E-state index in [-0.39, 0.29) is 12.7 Å². The summed E-state index contributed by atoms with van der Waals surface area (Å²) >= 11 is 3.05. The Balaban J connectivity index is 1.53. The van der Waals surface area contributed by atoms with Crippen molar-refractivity contribution in [1.29, 1.82) is 0 Å². The van der Waals surface area contributed by atoms with Crippen molar-refractivity contribution >= 4 is 34.1 Å². The van der Waals surface area contributed by atoms with E-state index in [9.17, 15) is 4.79 Å². The summed E-state index contributed by atoms with van der Waals surface area (Å²) in [6.07, 6.45) is 0. The molecule has 5 nitrogen and oxygen atoms in total. The number of thioether (sulfide) groups is 1. The second kappa shape index (κ2) is 7.39. The lowest BCUT2D eigenvalue weighted by atomic mass is 10.1. The molecule has 0 bridgehead atoms. The van der Waals surface area contributed by atoms with Gasteiger partial charge in [-0.25, -0.2) is 4.98 Å². The van der Waals surface area contributed by atoms with Crippen molar-refractivity contribution in [1.82, 2.24) is 4.98 Å². The lowest BCUT2D eigenvalue weighted by Crippen LogP contribution is -2.12. The Morgan fingerprint density at radius 1 is 1.23 bits per heavy atom. The fourth-order valence-corrected chi connectivity index (χ4v) is 4.14. The second-order valence-electron chi connectivity index (χ2n) is 5.49. The normalized spacial score (nSPS) is 12.2. The van der Waals surface area contributed by atoms with Crippen LogP contribution in [0, 0.1) is 0 Å². The fraction of sp³-hybridized carbons (Fsp3) is 0.158. The van der Waals surface area contributed by atoms with Gasteiger partial charge >= 0.3 is 0 Å². The number of amides is 1. The van der Waals surface area contributed by atoms with Gasteiger partial charge in [-0.15, -0.1) is 23.1 Å². The van der Waals surface area contributed by atoms with Crippen molar-refractivity contribution in [3.8, 4) is 22.8 Å². The Labute approximate surface area is 159 Å². The molecule has 0 saturated carbocycles. The maximum atomic E-state index is 12.6. The van der Waals surface area contributed by atoms with Gasteiger partial charge in [0.15, 0.2) is 16.6 Å². The number of aromatic nitrogens is 1. The van der Waals surface area contributed by atoms with Crippen LogP contribution in [0.15, 0.2) is 52.7 Å². The maximum Gasteiger partial charge on any atom is 0.258 e. The van der Waals surface area contributed by atoms with Gasteiger partial charge in [0.2, 0.25) is 6.79 Å². The third-order valence-electron chi connectivity index (χ3n) is 3.82. The predicted molar refractivity (Wildman–Crippen MR) is 104 cm³/mol. The highest BCUT2D eigenvalue weighted by molar-refractivity contribution is 7.99. The quantitative estimate of drug-likeness (QED) is 0.634. The number of fused-ring (bicyclic) bond motifs is 1. The van der Waals surface area contributed by atoms with Crippen molar-refractivity contribution < 1.29 is 14.3 Å². The zero-order chi connectivity index (χ0) is 17.9. The molecule has 0 fully saturated rings. The standard InChI is InChI=1S/C19H16N2O3S2/c1-2-25-17-6-4-3-5-13(17)18(22)21-19-20-14(10-26-19)12-7-8-15-16(9-12)24-11-23-15/h3-10H,2,11H2,1H3,(H,20,21,22). The lowest BCUT2D eigenvalue weighted by Gasteiger charge is -2.07. The molecule has 2 heterocycles. The number of anilines is 1. The van der Waals surface area contributed by atoms with Gasteiger partial charge in [-0.05, 0) is 36.1 Å². The summed E-state index contributed by atoms with van der Waals surface area (Å²) in [7, 11) is 0. The molecule has 0 atom stereocenters. The van der Waals surface area contributed by atoms with Gasteiger partial charge in [-0.1, -0.05) is 19.1 Å². The molecule has 26 heavy (non-hydrogen) atoms. The zero-order valence-electron chi connectivity index (χ0n) is 14.0. The summed E-state index contributed by atoms with van der Waals surface area (Å²) in [4.78, 5) is 18.1. The summed E-state index contributed by atoms with van der Waals surface area (Å²) in [6.45, 7) is 2.31. The molecule has 1 aromatic heterocycles. The van der Waals surface area contributed by atoms with E-state index in [1.807, 2.05) is 47.8 Å². The molecule has 3 aromatic rings. The number of thiazole rings is 1. The highest BCUT2D eigenvalue weighted by atomic mass is 32.2. The van der Waals surface area contributed by atoms with E-state index in [0.717, 1.165) is 27.7 Å². The monoisotopic (exact) mass is 384 g/mol. The van der Waals surface area contributed by atoms with E-state index in [4.69, 9.17) is 9.47 Å². The van der Waals surface area contributed by atoms with Gasteiger partial charge in [0, 0.05) is 15.8 Å². The van der Waals surface area contributed by atoms with Crippen LogP contribution in [-0.4, -0.2) is 23.4 Å². The largest absolute Gasteiger partial charge is 0.454 e. The summed E-state index contributed by atoms with van der Waals surface area (Å²) in [5.74, 6) is 2.22. The molecule has 1 aliphatic heterocycles. The smallest absolute Gasteiger partial charge is 0.258 e. The van der Waals surface area contributed by atoms with Crippen LogP contribution in [0.3, 0.4) is 0 Å². The Hall–Kier alpha value is -2.51. The van der Waals surface area contributed by atoms with Crippen LogP contribution in [0.4, 0.5) is 5.13 Å². The van der Waals surface area contributed by atoms with Crippen LogP contribution in [0.1, 0.15) is 17.3 Å². The molecule has 4 rings (SSSR count). The Morgan fingerprint density at radius 3 is 2.96 bits per heavy atom. The van der Waals surface area contributed by atoms with Gasteiger partial charge < -0.3 is 9.47 Å². The van der Waals surface area contributed by atoms with Crippen LogP contribution < -0.4 is 14.8 Å². The van der Waals surface area contributed by atoms with Crippen molar-refractivity contribution in [2.24, 2.45) is 0 Å². The maximum absolute atomic E-state index is 12.6. The molecular weight excluding hydrogens is 368 g/mol. The second-order valence-corrected chi connectivity index (χ2v) is 7.65. The van der Waals surface area contributed by atoms with Crippen molar-refractivity contribution in [3.63, 3.8) is 0 Å². The summed E-state index contributed by atoms with van der Waals surface area (Å²) in [5, 5.41) is 5.38. The van der Waals surface area contributed by atoms with E-state index in [2.05, 4.69) is 17.2 Å². The number of carbonyl (C=O) groups is 1. The summed E-state index contributed by atoms with van der Waals surface area (Å²) in [6, 6.07) is 13.3. The number of benzene rings is 2. The van der Waals surface area contributed by atoms with Gasteiger partial charge in [-0.2, -0.15) is 0 Å². The summed E-state index contributed by atoms with van der Waals surface area (Å²) < 4.78 is 10.7. The third kappa shape index (κ3) is 3.40. The number of ether oxygens (including phenoxy) is 2. The molecule has 0 unspecified atom stereocenters. The first-order valence-corrected chi connectivity index (χ1v) is 10.00. The molecule has 1 amide bonds. The van der Waals surface area contributed by atoms with Gasteiger partial charge in [0.25, 0.3) is 5.91 Å². The average molecular weight is 384 g/mol. The molecule has 0 aliphatic carbocycles. The van der Waals surface area contributed by atoms with Gasteiger partial charge in [0.1, 0.15) is 0 Å². The van der Waals surface area contributed by atoms with Crippen LogP contribution >= 0.6 is 23.1 Å². The van der Waals surface area contributed by atoms with Crippen molar-refractivity contribution in [2.45, 2.75) is 11.8 Å². The minimum absolute atomic E-state index is 0.145. The van der Waals surface area contributed by atoms with Crippen LogP contribution in [0.2, 0.25) is 0 Å². The number of carbonyl (C=O) groups excluding carboxylic acids is 1. The molecule has 0 spiro atoms. The molecule has 0 saturated heterocycles. The van der Waals surface area contributed by atoms with Gasteiger partial charge in [0.05, 0.1) is 11.3 Å². The number of hydrogen-bond acceptors (Lipinski definition) is 6. The summed E-state index contributed by atoms with van der Waals surface area (Å²) in [5.41, 5.74) is 2.38. The molecule has 7 heteroatoms. The number of hydrogen-bond donors (Lipinski definition) is 1. The topological polar surface area (TPSA) is 60.5 Å². The zero-order valence-corrected chi connectivity index (χ0v) is 15.7. The SMILES string of the molecule is CCSc1ccccc1C(=O)Nc1nc(-c2ccc3c(c2)OCO3)cs1. The Bertz CT molecular complexity index is 955. The van der Waals surface area contributed by atoms with E-state index < -0.39 is 0 Å². The van der Waals surface area contributed by atoms with Crippen LogP contribution in [0.25, 0.3) is 11.3 Å². The number of rotatable bonds is 5. The molecule has 2 aromatic carbocycles. The minimum atomic E-state index is -0.145. The third-order valence-corrected chi connectivity index (χ3v) is 5.54. The molecule has 0 radical (unpaired) electrons. The molecule has 132 valence electrons. The van der Waals surface area contributed by atoms with Crippen molar-refractivity contribution in [2.75, 3.05) is 17.9 Å². The van der Waals surface area contributed by atoms with E-state index >= 15 is 0 Å². The first-order chi connectivity index (χ1) is 12.7. The lowest BCUT2D eigenvalue weighted by molar-refractivity contribution is 0.102. The highest BCUT2D eigenvalue weighted by Gasteiger charge is 2.16. The van der Waals surface area contributed by atoms with E-state index in [0.29, 0.717) is 16.4 Å². The van der Waals surface area contributed by atoms with Crippen LogP contribution in [0.5, 0.6) is 11.5 Å². The Kier molecular flexibility index (Phi) is 4.81. The first-order valence-electron chi connectivity index (χ1n) is 8.13. The minimum Gasteiger partial charge on any atom is -0.454 e. The highest BCUT2D eigenvalue weighted by Crippen LogP contribution is 2.36. The predicted octanol–water partition coefficient (Wildman–Crippen LogP) is 4.90. The first kappa shape index (κ1) is 16.9.